The summed E-state index contributed by atoms with van der Waals surface area (Å²) in [4.78, 5) is 0. The van der Waals surface area contributed by atoms with E-state index in [0.717, 1.165) is 12.8 Å². The van der Waals surface area contributed by atoms with Crippen LogP contribution in [0.4, 0.5) is 8.78 Å². The highest BCUT2D eigenvalue weighted by Gasteiger charge is 2.33. The van der Waals surface area contributed by atoms with Gasteiger partial charge in [-0.2, -0.15) is 0 Å². The molecule has 2 atom stereocenters. The van der Waals surface area contributed by atoms with E-state index in [0.29, 0.717) is 25.7 Å². The van der Waals surface area contributed by atoms with Crippen LogP contribution < -0.4 is 0 Å². The molecule has 2 unspecified atom stereocenters. The third-order valence-corrected chi connectivity index (χ3v) is 5.61. The molecule has 0 N–H and O–H groups in total. The molecule has 0 aliphatic carbocycles. The van der Waals surface area contributed by atoms with Crippen molar-refractivity contribution in [1.29, 1.82) is 0 Å². The molecule has 0 heterocycles. The highest BCUT2D eigenvalue weighted by atomic mass is 32.2. The molecule has 0 aliphatic rings. The van der Waals surface area contributed by atoms with Gasteiger partial charge in [0.25, 0.3) is 0 Å². The van der Waals surface area contributed by atoms with Crippen molar-refractivity contribution in [3.8, 4) is 0 Å². The van der Waals surface area contributed by atoms with Gasteiger partial charge in [0.2, 0.25) is 0 Å². The van der Waals surface area contributed by atoms with E-state index in [1.54, 1.807) is 0 Å². The molecule has 0 aliphatic heterocycles. The summed E-state index contributed by atoms with van der Waals surface area (Å²) in [6.07, 6.45) is 3.58. The Bertz CT molecular complexity index is 256. The van der Waals surface area contributed by atoms with Crippen molar-refractivity contribution in [3.63, 3.8) is 0 Å². The minimum Gasteiger partial charge on any atom is -0.250 e. The second kappa shape index (κ2) is 8.84. The van der Waals surface area contributed by atoms with Crippen LogP contribution in [-0.4, -0.2) is 32.3 Å². The van der Waals surface area contributed by atoms with Crippen molar-refractivity contribution < 1.29 is 17.2 Å². The van der Waals surface area contributed by atoms with Gasteiger partial charge >= 0.3 is 0 Å². The molecule has 0 aromatic rings. The van der Waals surface area contributed by atoms with Gasteiger partial charge in [0, 0.05) is 0 Å². The summed E-state index contributed by atoms with van der Waals surface area (Å²) in [7, 11) is -3.66. The molecule has 0 saturated heterocycles. The first kappa shape index (κ1) is 16.8. The molecule has 0 aromatic heterocycles. The molecule has 0 radical (unpaired) electrons. The number of halogens is 2. The summed E-state index contributed by atoms with van der Waals surface area (Å²) < 4.78 is 49.6. The highest BCUT2D eigenvalue weighted by Crippen LogP contribution is 2.20. The Balaban J connectivity index is 4.66. The van der Waals surface area contributed by atoms with E-state index in [-0.39, 0.29) is 0 Å². The van der Waals surface area contributed by atoms with Gasteiger partial charge in [0.1, 0.15) is 13.3 Å². The minimum atomic E-state index is -3.66. The van der Waals surface area contributed by atoms with E-state index in [9.17, 15) is 17.2 Å². The fraction of sp³-hybridized carbons (Fsp3) is 1.00. The standard InChI is InChI=1S/C12H24F2O2S/c1-3-5-7-11(9-13)17(15,16)12(10-14)8-6-4-2/h11-12H,3-10H2,1-2H3. The minimum absolute atomic E-state index is 0.304. The number of rotatable bonds is 10. The highest BCUT2D eigenvalue weighted by molar-refractivity contribution is 7.92. The van der Waals surface area contributed by atoms with Crippen LogP contribution in [0.1, 0.15) is 52.4 Å². The molecule has 5 heteroatoms. The Kier molecular flexibility index (Phi) is 8.74. The summed E-state index contributed by atoms with van der Waals surface area (Å²) in [6, 6.07) is 0. The van der Waals surface area contributed by atoms with Crippen LogP contribution >= 0.6 is 0 Å². The van der Waals surface area contributed by atoms with Crippen molar-refractivity contribution in [2.24, 2.45) is 0 Å². The first-order valence-corrected chi connectivity index (χ1v) is 8.00. The van der Waals surface area contributed by atoms with Crippen molar-refractivity contribution in [2.45, 2.75) is 62.9 Å². The Labute approximate surface area is 104 Å². The third-order valence-electron chi connectivity index (χ3n) is 3.03. The maximum atomic E-state index is 12.8. The van der Waals surface area contributed by atoms with Crippen LogP contribution in [0.2, 0.25) is 0 Å². The monoisotopic (exact) mass is 270 g/mol. The molecule has 0 fully saturated rings. The van der Waals surface area contributed by atoms with Crippen molar-refractivity contribution >= 4 is 9.84 Å². The Hall–Kier alpha value is -0.190. The number of alkyl halides is 2. The van der Waals surface area contributed by atoms with Gasteiger partial charge in [0.15, 0.2) is 9.84 Å². The zero-order valence-electron chi connectivity index (χ0n) is 10.8. The summed E-state index contributed by atoms with van der Waals surface area (Å²) in [6.45, 7) is 2.05. The van der Waals surface area contributed by atoms with E-state index in [1.807, 2.05) is 13.8 Å². The maximum Gasteiger partial charge on any atom is 0.161 e. The summed E-state index contributed by atoms with van der Waals surface area (Å²) >= 11 is 0. The predicted octanol–water partition coefficient (Wildman–Crippen LogP) is 3.46. The van der Waals surface area contributed by atoms with Gasteiger partial charge in [0.05, 0.1) is 10.5 Å². The average Bonchev–Trinajstić information content (AvgIpc) is 2.30. The normalized spacial score (nSPS) is 15.8. The van der Waals surface area contributed by atoms with Gasteiger partial charge in [-0.25, -0.2) is 17.2 Å². The van der Waals surface area contributed by atoms with Crippen molar-refractivity contribution in [3.05, 3.63) is 0 Å². The van der Waals surface area contributed by atoms with E-state index >= 15 is 0 Å². The van der Waals surface area contributed by atoms with Crippen molar-refractivity contribution in [2.75, 3.05) is 13.3 Å². The Morgan fingerprint density at radius 1 is 0.882 bits per heavy atom. The largest absolute Gasteiger partial charge is 0.250 e. The van der Waals surface area contributed by atoms with Crippen LogP contribution in [0.25, 0.3) is 0 Å². The molecule has 104 valence electrons. The number of unbranched alkanes of at least 4 members (excludes halogenated alkanes) is 2. The number of hydrogen-bond acceptors (Lipinski definition) is 2. The van der Waals surface area contributed by atoms with Crippen LogP contribution in [0.3, 0.4) is 0 Å². The lowest BCUT2D eigenvalue weighted by molar-refractivity contribution is 0.418. The Morgan fingerprint density at radius 2 is 1.24 bits per heavy atom. The Morgan fingerprint density at radius 3 is 1.47 bits per heavy atom. The molecule has 0 bridgehead atoms. The molecule has 0 saturated carbocycles. The summed E-state index contributed by atoms with van der Waals surface area (Å²) in [5.41, 5.74) is 0. The third kappa shape index (κ3) is 5.32. The topological polar surface area (TPSA) is 34.1 Å². The van der Waals surface area contributed by atoms with Crippen LogP contribution in [0.5, 0.6) is 0 Å². The van der Waals surface area contributed by atoms with Crippen LogP contribution in [0.15, 0.2) is 0 Å². The zero-order valence-corrected chi connectivity index (χ0v) is 11.6. The van der Waals surface area contributed by atoms with Crippen LogP contribution in [0, 0.1) is 0 Å². The molecule has 0 aromatic carbocycles. The summed E-state index contributed by atoms with van der Waals surface area (Å²) in [5, 5.41) is -2.03. The fourth-order valence-electron chi connectivity index (χ4n) is 1.79. The quantitative estimate of drug-likeness (QED) is 0.609. The van der Waals surface area contributed by atoms with Gasteiger partial charge < -0.3 is 0 Å². The molecule has 0 amide bonds. The van der Waals surface area contributed by atoms with Crippen LogP contribution in [-0.2, 0) is 9.84 Å². The predicted molar refractivity (Wildman–Crippen MR) is 67.5 cm³/mol. The lowest BCUT2D eigenvalue weighted by Crippen LogP contribution is -2.35. The van der Waals surface area contributed by atoms with Crippen molar-refractivity contribution in [1.82, 2.24) is 0 Å². The molecule has 2 nitrogen and oxygen atoms in total. The van der Waals surface area contributed by atoms with Gasteiger partial charge in [-0.15, -0.1) is 0 Å². The smallest absolute Gasteiger partial charge is 0.161 e. The molecular formula is C12H24F2O2S. The maximum absolute atomic E-state index is 12.8. The van der Waals surface area contributed by atoms with Gasteiger partial charge in [-0.3, -0.25) is 0 Å². The van der Waals surface area contributed by atoms with Gasteiger partial charge in [-0.05, 0) is 12.8 Å². The van der Waals surface area contributed by atoms with E-state index < -0.39 is 33.7 Å². The number of hydrogen-bond donors (Lipinski definition) is 0. The van der Waals surface area contributed by atoms with E-state index in [4.69, 9.17) is 0 Å². The molecular weight excluding hydrogens is 246 g/mol. The second-order valence-corrected chi connectivity index (χ2v) is 6.94. The number of sulfone groups is 1. The second-order valence-electron chi connectivity index (χ2n) is 4.43. The summed E-state index contributed by atoms with van der Waals surface area (Å²) in [5.74, 6) is 0. The lowest BCUT2D eigenvalue weighted by atomic mass is 10.2. The van der Waals surface area contributed by atoms with E-state index in [2.05, 4.69) is 0 Å². The fourth-order valence-corrected chi connectivity index (χ4v) is 3.68. The van der Waals surface area contributed by atoms with E-state index in [1.165, 1.54) is 0 Å². The SMILES string of the molecule is CCCCC(CF)S(=O)(=O)C(CF)CCCC. The first-order chi connectivity index (χ1) is 8.04. The first-order valence-electron chi connectivity index (χ1n) is 6.39. The molecule has 0 spiro atoms. The zero-order chi connectivity index (χ0) is 13.3. The van der Waals surface area contributed by atoms with Gasteiger partial charge in [-0.1, -0.05) is 39.5 Å². The molecule has 17 heavy (non-hydrogen) atoms. The lowest BCUT2D eigenvalue weighted by Gasteiger charge is -2.20. The molecule has 0 rings (SSSR count). The average molecular weight is 270 g/mol.